The molecule has 1 unspecified atom stereocenters. The van der Waals surface area contributed by atoms with Crippen LogP contribution >= 0.6 is 35.3 Å². The Labute approximate surface area is 203 Å². The van der Waals surface area contributed by atoms with E-state index < -0.39 is 10.0 Å². The lowest BCUT2D eigenvalue weighted by Gasteiger charge is -2.25. The van der Waals surface area contributed by atoms with Crippen molar-refractivity contribution in [3.63, 3.8) is 0 Å². The summed E-state index contributed by atoms with van der Waals surface area (Å²) in [5, 5.41) is 6.73. The van der Waals surface area contributed by atoms with E-state index in [-0.39, 0.29) is 24.0 Å². The number of guanidine groups is 1. The number of sulfonamides is 1. The van der Waals surface area contributed by atoms with Crippen LogP contribution in [0.3, 0.4) is 0 Å². The van der Waals surface area contributed by atoms with Gasteiger partial charge < -0.3 is 15.4 Å². The zero-order valence-electron chi connectivity index (χ0n) is 18.4. The van der Waals surface area contributed by atoms with E-state index in [2.05, 4.69) is 29.5 Å². The summed E-state index contributed by atoms with van der Waals surface area (Å²) >= 11 is 1.30. The van der Waals surface area contributed by atoms with E-state index in [1.165, 1.54) is 41.3 Å². The Morgan fingerprint density at radius 2 is 1.97 bits per heavy atom. The van der Waals surface area contributed by atoms with Crippen molar-refractivity contribution in [3.05, 3.63) is 17.0 Å². The highest BCUT2D eigenvalue weighted by Crippen LogP contribution is 2.26. The first kappa shape index (κ1) is 27.6. The lowest BCUT2D eigenvalue weighted by Crippen LogP contribution is -2.42. The van der Waals surface area contributed by atoms with E-state index in [0.29, 0.717) is 43.1 Å². The molecule has 30 heavy (non-hydrogen) atoms. The van der Waals surface area contributed by atoms with E-state index in [0.717, 1.165) is 23.8 Å². The van der Waals surface area contributed by atoms with Crippen molar-refractivity contribution in [2.24, 2.45) is 4.99 Å². The molecule has 0 radical (unpaired) electrons. The SMILES string of the molecule is CCCCCCC(C)NC(=NCc1ccc(S(=O)(=O)N2CCOCC2)s1)NCC.I. The van der Waals surface area contributed by atoms with Crippen LogP contribution in [0, 0.1) is 0 Å². The summed E-state index contributed by atoms with van der Waals surface area (Å²) in [6.45, 7) is 9.43. The summed E-state index contributed by atoms with van der Waals surface area (Å²) in [4.78, 5) is 5.59. The molecule has 7 nitrogen and oxygen atoms in total. The van der Waals surface area contributed by atoms with Crippen molar-refractivity contribution in [2.75, 3.05) is 32.8 Å². The van der Waals surface area contributed by atoms with Gasteiger partial charge in [-0.1, -0.05) is 32.6 Å². The second-order valence-corrected chi connectivity index (χ2v) is 10.7. The molecule has 1 aliphatic heterocycles. The molecule has 1 atom stereocenters. The number of nitrogens with one attached hydrogen (secondary N) is 2. The molecular weight excluding hydrogens is 535 g/mol. The molecule has 174 valence electrons. The molecule has 0 aliphatic carbocycles. The highest BCUT2D eigenvalue weighted by Gasteiger charge is 2.27. The molecule has 1 fully saturated rings. The molecule has 0 spiro atoms. The first-order valence-electron chi connectivity index (χ1n) is 10.7. The number of halogens is 1. The number of hydrogen-bond donors (Lipinski definition) is 2. The highest BCUT2D eigenvalue weighted by atomic mass is 127. The molecule has 2 N–H and O–H groups in total. The van der Waals surface area contributed by atoms with Crippen LogP contribution in [-0.4, -0.2) is 57.6 Å². The van der Waals surface area contributed by atoms with Crippen molar-refractivity contribution in [3.8, 4) is 0 Å². The fourth-order valence-corrected chi connectivity index (χ4v) is 6.00. The molecule has 1 aromatic rings. The lowest BCUT2D eigenvalue weighted by molar-refractivity contribution is 0.0731. The number of thiophene rings is 1. The number of ether oxygens (including phenoxy) is 1. The van der Waals surface area contributed by atoms with Crippen LogP contribution in [0.1, 0.15) is 57.8 Å². The number of nitrogens with zero attached hydrogens (tertiary/aromatic N) is 2. The first-order valence-corrected chi connectivity index (χ1v) is 12.9. The number of morpholine rings is 1. The number of aliphatic imine (C=N–C) groups is 1. The molecule has 1 aromatic heterocycles. The monoisotopic (exact) mass is 572 g/mol. The summed E-state index contributed by atoms with van der Waals surface area (Å²) < 4.78 is 32.6. The van der Waals surface area contributed by atoms with Crippen molar-refractivity contribution < 1.29 is 13.2 Å². The van der Waals surface area contributed by atoms with E-state index in [9.17, 15) is 8.42 Å². The summed E-state index contributed by atoms with van der Waals surface area (Å²) in [5.74, 6) is 0.779. The average molecular weight is 573 g/mol. The Morgan fingerprint density at radius 3 is 2.63 bits per heavy atom. The largest absolute Gasteiger partial charge is 0.379 e. The third-order valence-corrected chi connectivity index (χ3v) is 8.25. The minimum absolute atomic E-state index is 0. The van der Waals surface area contributed by atoms with Gasteiger partial charge in [-0.3, -0.25) is 0 Å². The van der Waals surface area contributed by atoms with Gasteiger partial charge >= 0.3 is 0 Å². The third-order valence-electron chi connectivity index (χ3n) is 4.81. The highest BCUT2D eigenvalue weighted by molar-refractivity contribution is 14.0. The Balaban J connectivity index is 0.00000450. The minimum atomic E-state index is -3.43. The fraction of sp³-hybridized carbons (Fsp3) is 0.750. The van der Waals surface area contributed by atoms with Crippen LogP contribution in [0.15, 0.2) is 21.3 Å². The van der Waals surface area contributed by atoms with E-state index in [1.54, 1.807) is 6.07 Å². The summed E-state index contributed by atoms with van der Waals surface area (Å²) in [6, 6.07) is 3.90. The van der Waals surface area contributed by atoms with Gasteiger partial charge in [0.15, 0.2) is 5.96 Å². The summed E-state index contributed by atoms with van der Waals surface area (Å²) in [6.07, 6.45) is 6.14. The Kier molecular flexibility index (Phi) is 13.4. The molecule has 0 bridgehead atoms. The minimum Gasteiger partial charge on any atom is -0.379 e. The van der Waals surface area contributed by atoms with Gasteiger partial charge in [-0.2, -0.15) is 4.31 Å². The topological polar surface area (TPSA) is 83.0 Å². The standard InChI is InChI=1S/C20H36N4O3S2.HI/c1-4-6-7-8-9-17(3)23-20(21-5-2)22-16-18-10-11-19(28-18)29(25,26)24-12-14-27-15-13-24;/h10-11,17H,4-9,12-16H2,1-3H3,(H2,21,22,23);1H. The molecule has 0 aromatic carbocycles. The third kappa shape index (κ3) is 8.97. The molecule has 2 heterocycles. The van der Waals surface area contributed by atoms with Crippen LogP contribution < -0.4 is 10.6 Å². The van der Waals surface area contributed by atoms with Crippen LogP contribution in [0.4, 0.5) is 0 Å². The molecule has 1 saturated heterocycles. The zero-order chi connectivity index (χ0) is 21.1. The normalized spacial score (nSPS) is 16.7. The van der Waals surface area contributed by atoms with Crippen LogP contribution in [-0.2, 0) is 21.3 Å². The van der Waals surface area contributed by atoms with Gasteiger partial charge in [0.05, 0.1) is 19.8 Å². The summed E-state index contributed by atoms with van der Waals surface area (Å²) in [5.41, 5.74) is 0. The van der Waals surface area contributed by atoms with Crippen molar-refractivity contribution >= 4 is 51.3 Å². The van der Waals surface area contributed by atoms with Crippen LogP contribution in [0.25, 0.3) is 0 Å². The van der Waals surface area contributed by atoms with Gasteiger partial charge in [0.1, 0.15) is 4.21 Å². The number of unbranched alkanes of at least 4 members (excludes halogenated alkanes) is 3. The van der Waals surface area contributed by atoms with Gasteiger partial charge in [-0.05, 0) is 32.4 Å². The summed E-state index contributed by atoms with van der Waals surface area (Å²) in [7, 11) is -3.43. The first-order chi connectivity index (χ1) is 14.0. The zero-order valence-corrected chi connectivity index (χ0v) is 22.3. The average Bonchev–Trinajstić information content (AvgIpc) is 3.20. The Morgan fingerprint density at radius 1 is 1.23 bits per heavy atom. The van der Waals surface area contributed by atoms with Gasteiger partial charge in [-0.15, -0.1) is 35.3 Å². The smallest absolute Gasteiger partial charge is 0.252 e. The number of rotatable bonds is 11. The Bertz CT molecular complexity index is 734. The van der Waals surface area contributed by atoms with Crippen molar-refractivity contribution in [1.82, 2.24) is 14.9 Å². The van der Waals surface area contributed by atoms with Gasteiger partial charge in [0, 0.05) is 30.6 Å². The van der Waals surface area contributed by atoms with Crippen molar-refractivity contribution in [2.45, 2.75) is 69.7 Å². The predicted octanol–water partition coefficient (Wildman–Crippen LogP) is 3.80. The van der Waals surface area contributed by atoms with E-state index >= 15 is 0 Å². The van der Waals surface area contributed by atoms with E-state index in [1.807, 2.05) is 13.0 Å². The molecule has 1 aliphatic rings. The second-order valence-electron chi connectivity index (χ2n) is 7.33. The maximum atomic E-state index is 12.8. The molecule has 10 heteroatoms. The molecule has 2 rings (SSSR count). The Hall–Kier alpha value is -0.430. The maximum absolute atomic E-state index is 12.8. The maximum Gasteiger partial charge on any atom is 0.252 e. The predicted molar refractivity (Wildman–Crippen MR) is 135 cm³/mol. The molecular formula is C20H37IN4O3S2. The van der Waals surface area contributed by atoms with Gasteiger partial charge in [0.2, 0.25) is 0 Å². The number of hydrogen-bond acceptors (Lipinski definition) is 5. The second kappa shape index (κ2) is 14.6. The molecule has 0 amide bonds. The van der Waals surface area contributed by atoms with Crippen LogP contribution in [0.5, 0.6) is 0 Å². The van der Waals surface area contributed by atoms with Crippen LogP contribution in [0.2, 0.25) is 0 Å². The molecule has 0 saturated carbocycles. The van der Waals surface area contributed by atoms with E-state index in [4.69, 9.17) is 4.74 Å². The van der Waals surface area contributed by atoms with Gasteiger partial charge in [0.25, 0.3) is 10.0 Å². The van der Waals surface area contributed by atoms with Crippen molar-refractivity contribution in [1.29, 1.82) is 0 Å². The lowest BCUT2D eigenvalue weighted by atomic mass is 10.1. The fourth-order valence-electron chi connectivity index (χ4n) is 3.16. The quantitative estimate of drug-likeness (QED) is 0.183. The van der Waals surface area contributed by atoms with Gasteiger partial charge in [-0.25, -0.2) is 13.4 Å².